The topological polar surface area (TPSA) is 101 Å². The van der Waals surface area contributed by atoms with Crippen LogP contribution in [0, 0.1) is 6.92 Å². The Kier molecular flexibility index (Phi) is 5.13. The number of nitrogens with one attached hydrogen (secondary N) is 3. The predicted molar refractivity (Wildman–Crippen MR) is 117 cm³/mol. The molecule has 150 valence electrons. The highest BCUT2D eigenvalue weighted by Gasteiger charge is 2.11. The van der Waals surface area contributed by atoms with Crippen LogP contribution in [0.3, 0.4) is 0 Å². The van der Waals surface area contributed by atoms with Crippen LogP contribution in [-0.4, -0.2) is 26.7 Å². The Balaban J connectivity index is 1.40. The molecule has 0 aliphatic carbocycles. The normalized spacial score (nSPS) is 10.6. The van der Waals surface area contributed by atoms with Gasteiger partial charge in [-0.05, 0) is 49.4 Å². The number of carbonyl (C=O) groups excluding carboxylic acids is 2. The molecule has 8 nitrogen and oxygen atoms in total. The van der Waals surface area contributed by atoms with Gasteiger partial charge in [-0.15, -0.1) is 0 Å². The molecule has 0 bridgehead atoms. The lowest BCUT2D eigenvalue weighted by Crippen LogP contribution is -2.19. The number of aromatic nitrogens is 3. The van der Waals surface area contributed by atoms with E-state index in [0.717, 1.165) is 16.7 Å². The van der Waals surface area contributed by atoms with Gasteiger partial charge in [-0.2, -0.15) is 5.10 Å². The number of para-hydroxylation sites is 1. The Morgan fingerprint density at radius 3 is 2.23 bits per heavy atom. The highest BCUT2D eigenvalue weighted by atomic mass is 16.2. The van der Waals surface area contributed by atoms with Crippen molar-refractivity contribution in [1.29, 1.82) is 0 Å². The molecule has 4 aromatic rings. The minimum atomic E-state index is -0.357. The van der Waals surface area contributed by atoms with Crippen molar-refractivity contribution in [3.05, 3.63) is 78.1 Å². The van der Waals surface area contributed by atoms with Crippen LogP contribution in [0.4, 0.5) is 21.9 Å². The van der Waals surface area contributed by atoms with E-state index in [0.29, 0.717) is 22.6 Å². The lowest BCUT2D eigenvalue weighted by Gasteiger charge is -2.09. The third-order valence-electron chi connectivity index (χ3n) is 4.56. The van der Waals surface area contributed by atoms with Crippen LogP contribution in [0.5, 0.6) is 0 Å². The first kappa shape index (κ1) is 19.1. The second-order valence-electron chi connectivity index (χ2n) is 6.78. The summed E-state index contributed by atoms with van der Waals surface area (Å²) in [5.41, 5.74) is 3.93. The third kappa shape index (κ3) is 4.12. The SMILES string of the molecule is Cc1nn(C)c2ncc(NC(=O)c3ccc(NC(=O)Nc4ccccc4)cc3)cc12. The zero-order valence-electron chi connectivity index (χ0n) is 16.5. The quantitative estimate of drug-likeness (QED) is 0.478. The number of amides is 3. The van der Waals surface area contributed by atoms with Gasteiger partial charge in [-0.1, -0.05) is 18.2 Å². The molecule has 30 heavy (non-hydrogen) atoms. The highest BCUT2D eigenvalue weighted by molar-refractivity contribution is 6.05. The summed E-state index contributed by atoms with van der Waals surface area (Å²) in [6.07, 6.45) is 1.60. The lowest BCUT2D eigenvalue weighted by molar-refractivity contribution is 0.102. The van der Waals surface area contributed by atoms with Crippen molar-refractivity contribution in [2.45, 2.75) is 6.92 Å². The van der Waals surface area contributed by atoms with E-state index in [9.17, 15) is 9.59 Å². The Labute approximate surface area is 172 Å². The minimum absolute atomic E-state index is 0.266. The number of aryl methyl sites for hydroxylation is 2. The Hall–Kier alpha value is -4.20. The van der Waals surface area contributed by atoms with Gasteiger partial charge in [0, 0.05) is 29.4 Å². The standard InChI is InChI=1S/C22H20N6O2/c1-14-19-12-18(13-23-20(19)28(2)27-14)24-21(29)15-8-10-17(11-9-15)26-22(30)25-16-6-4-3-5-7-16/h3-13H,1-2H3,(H,24,29)(H2,25,26,30). The molecule has 3 amide bonds. The molecule has 3 N–H and O–H groups in total. The fraction of sp³-hybridized carbons (Fsp3) is 0.0909. The van der Waals surface area contributed by atoms with Gasteiger partial charge < -0.3 is 16.0 Å². The molecular weight excluding hydrogens is 380 g/mol. The van der Waals surface area contributed by atoms with Crippen molar-refractivity contribution in [3.63, 3.8) is 0 Å². The maximum absolute atomic E-state index is 12.6. The summed E-state index contributed by atoms with van der Waals surface area (Å²) in [5, 5.41) is 13.5. The summed E-state index contributed by atoms with van der Waals surface area (Å²) in [4.78, 5) is 29.0. The number of hydrogen-bond donors (Lipinski definition) is 3. The van der Waals surface area contributed by atoms with E-state index in [1.54, 1.807) is 47.3 Å². The van der Waals surface area contributed by atoms with Gasteiger partial charge in [-0.25, -0.2) is 9.78 Å². The molecule has 0 aliphatic rings. The van der Waals surface area contributed by atoms with Crippen LogP contribution >= 0.6 is 0 Å². The van der Waals surface area contributed by atoms with Crippen molar-refractivity contribution in [1.82, 2.24) is 14.8 Å². The van der Waals surface area contributed by atoms with Gasteiger partial charge in [0.15, 0.2) is 5.65 Å². The van der Waals surface area contributed by atoms with E-state index < -0.39 is 0 Å². The fourth-order valence-electron chi connectivity index (χ4n) is 3.10. The monoisotopic (exact) mass is 400 g/mol. The number of fused-ring (bicyclic) bond motifs is 1. The van der Waals surface area contributed by atoms with Gasteiger partial charge in [0.25, 0.3) is 5.91 Å². The van der Waals surface area contributed by atoms with Crippen LogP contribution in [-0.2, 0) is 7.05 Å². The summed E-state index contributed by atoms with van der Waals surface area (Å²) in [6, 6.07) is 17.3. The highest BCUT2D eigenvalue weighted by Crippen LogP contribution is 2.20. The average Bonchev–Trinajstić information content (AvgIpc) is 3.02. The number of anilines is 3. The summed E-state index contributed by atoms with van der Waals surface area (Å²) in [5.74, 6) is -0.266. The number of benzene rings is 2. The van der Waals surface area contributed by atoms with Crippen molar-refractivity contribution in [2.75, 3.05) is 16.0 Å². The lowest BCUT2D eigenvalue weighted by atomic mass is 10.2. The summed E-state index contributed by atoms with van der Waals surface area (Å²) < 4.78 is 1.70. The molecule has 4 rings (SSSR count). The Morgan fingerprint density at radius 2 is 1.53 bits per heavy atom. The van der Waals surface area contributed by atoms with Gasteiger partial charge in [0.2, 0.25) is 0 Å². The van der Waals surface area contributed by atoms with E-state index in [1.807, 2.05) is 38.2 Å². The molecule has 0 atom stereocenters. The largest absolute Gasteiger partial charge is 0.323 e. The number of hydrogen-bond acceptors (Lipinski definition) is 4. The van der Waals surface area contributed by atoms with E-state index in [1.165, 1.54) is 0 Å². The number of urea groups is 1. The molecule has 0 saturated carbocycles. The van der Waals surface area contributed by atoms with Crippen molar-refractivity contribution in [2.24, 2.45) is 7.05 Å². The molecule has 2 aromatic carbocycles. The van der Waals surface area contributed by atoms with E-state index in [2.05, 4.69) is 26.0 Å². The fourth-order valence-corrected chi connectivity index (χ4v) is 3.10. The van der Waals surface area contributed by atoms with Gasteiger partial charge in [-0.3, -0.25) is 9.48 Å². The summed E-state index contributed by atoms with van der Waals surface area (Å²) in [7, 11) is 1.83. The van der Waals surface area contributed by atoms with E-state index in [-0.39, 0.29) is 11.9 Å². The molecule has 0 saturated heterocycles. The number of carbonyl (C=O) groups is 2. The van der Waals surface area contributed by atoms with Crippen molar-refractivity contribution in [3.8, 4) is 0 Å². The van der Waals surface area contributed by atoms with Crippen LogP contribution < -0.4 is 16.0 Å². The molecular formula is C22H20N6O2. The zero-order valence-corrected chi connectivity index (χ0v) is 16.5. The average molecular weight is 400 g/mol. The minimum Gasteiger partial charge on any atom is -0.321 e. The maximum Gasteiger partial charge on any atom is 0.323 e. The Morgan fingerprint density at radius 1 is 0.867 bits per heavy atom. The number of pyridine rings is 1. The second kappa shape index (κ2) is 8.04. The van der Waals surface area contributed by atoms with Crippen molar-refractivity contribution >= 4 is 40.0 Å². The molecule has 0 unspecified atom stereocenters. The number of nitrogens with zero attached hydrogens (tertiary/aromatic N) is 3. The molecule has 2 heterocycles. The van der Waals surface area contributed by atoms with Gasteiger partial charge >= 0.3 is 6.03 Å². The zero-order chi connectivity index (χ0) is 21.1. The number of rotatable bonds is 4. The molecule has 0 spiro atoms. The predicted octanol–water partition coefficient (Wildman–Crippen LogP) is 4.17. The first-order valence-corrected chi connectivity index (χ1v) is 9.33. The Bertz CT molecular complexity index is 1220. The molecule has 0 radical (unpaired) electrons. The van der Waals surface area contributed by atoms with Gasteiger partial charge in [0.05, 0.1) is 17.6 Å². The second-order valence-corrected chi connectivity index (χ2v) is 6.78. The summed E-state index contributed by atoms with van der Waals surface area (Å²) >= 11 is 0. The molecule has 0 aliphatic heterocycles. The van der Waals surface area contributed by atoms with Crippen LogP contribution in [0.25, 0.3) is 11.0 Å². The summed E-state index contributed by atoms with van der Waals surface area (Å²) in [6.45, 7) is 1.90. The van der Waals surface area contributed by atoms with Crippen LogP contribution in [0.1, 0.15) is 16.1 Å². The first-order valence-electron chi connectivity index (χ1n) is 9.33. The molecule has 0 fully saturated rings. The van der Waals surface area contributed by atoms with Crippen LogP contribution in [0.15, 0.2) is 66.9 Å². The smallest absolute Gasteiger partial charge is 0.321 e. The van der Waals surface area contributed by atoms with E-state index in [4.69, 9.17) is 0 Å². The van der Waals surface area contributed by atoms with Gasteiger partial charge in [0.1, 0.15) is 0 Å². The molecule has 2 aromatic heterocycles. The third-order valence-corrected chi connectivity index (χ3v) is 4.56. The first-order chi connectivity index (χ1) is 14.5. The van der Waals surface area contributed by atoms with Crippen molar-refractivity contribution < 1.29 is 9.59 Å². The van der Waals surface area contributed by atoms with E-state index >= 15 is 0 Å². The molecule has 8 heteroatoms. The maximum atomic E-state index is 12.6. The van der Waals surface area contributed by atoms with Crippen LogP contribution in [0.2, 0.25) is 0 Å².